The average molecular weight is 290 g/mol. The van der Waals surface area contributed by atoms with E-state index in [1.807, 2.05) is 29.2 Å². The van der Waals surface area contributed by atoms with Crippen LogP contribution in [0.5, 0.6) is 5.75 Å². The fraction of sp³-hybridized carbons (Fsp3) is 0.467. The molecule has 0 aromatic heterocycles. The standard InChI is InChI=1S/C15H18N2O2S/c16-14(20)12-6-3-4-8-17(12)15(18)11-9-19-13-7-2-1-5-10(11)13/h1-2,5,7,11-12H,3-4,6,8-9H2,(H2,16,20). The van der Waals surface area contributed by atoms with Crippen LogP contribution >= 0.6 is 12.2 Å². The number of ether oxygens (including phenoxy) is 1. The Hall–Kier alpha value is -1.62. The van der Waals surface area contributed by atoms with Crippen molar-refractivity contribution in [1.82, 2.24) is 4.90 Å². The number of thiocarbonyl (C=S) groups is 1. The van der Waals surface area contributed by atoms with E-state index >= 15 is 0 Å². The minimum absolute atomic E-state index is 0.0902. The van der Waals surface area contributed by atoms with Gasteiger partial charge in [-0.1, -0.05) is 30.4 Å². The van der Waals surface area contributed by atoms with Crippen LogP contribution in [0.25, 0.3) is 0 Å². The first-order valence-electron chi connectivity index (χ1n) is 7.00. The van der Waals surface area contributed by atoms with Crippen LogP contribution in [0, 0.1) is 0 Å². The predicted molar refractivity (Wildman–Crippen MR) is 80.8 cm³/mol. The van der Waals surface area contributed by atoms with Crippen molar-refractivity contribution in [2.75, 3.05) is 13.2 Å². The second-order valence-corrected chi connectivity index (χ2v) is 5.82. The van der Waals surface area contributed by atoms with Crippen molar-refractivity contribution in [3.8, 4) is 5.75 Å². The lowest BCUT2D eigenvalue weighted by atomic mass is 9.95. The molecule has 2 heterocycles. The number of likely N-dealkylation sites (tertiary alicyclic amines) is 1. The summed E-state index contributed by atoms with van der Waals surface area (Å²) in [6, 6.07) is 7.63. The molecule has 0 saturated carbocycles. The summed E-state index contributed by atoms with van der Waals surface area (Å²) in [6.07, 6.45) is 2.96. The van der Waals surface area contributed by atoms with E-state index in [0.717, 1.165) is 37.1 Å². The Morgan fingerprint density at radius 3 is 2.95 bits per heavy atom. The van der Waals surface area contributed by atoms with Crippen LogP contribution in [0.15, 0.2) is 24.3 Å². The summed E-state index contributed by atoms with van der Waals surface area (Å²) in [5.74, 6) is 0.684. The van der Waals surface area contributed by atoms with Crippen LogP contribution in [0.2, 0.25) is 0 Å². The number of nitrogens with zero attached hydrogens (tertiary/aromatic N) is 1. The number of carbonyl (C=O) groups excluding carboxylic acids is 1. The third-order valence-corrected chi connectivity index (χ3v) is 4.38. The van der Waals surface area contributed by atoms with E-state index in [9.17, 15) is 4.79 Å². The first kappa shape index (κ1) is 13.4. The van der Waals surface area contributed by atoms with Gasteiger partial charge in [-0.2, -0.15) is 0 Å². The topological polar surface area (TPSA) is 55.6 Å². The van der Waals surface area contributed by atoms with E-state index in [1.165, 1.54) is 0 Å². The third-order valence-electron chi connectivity index (χ3n) is 4.11. The van der Waals surface area contributed by atoms with Crippen molar-refractivity contribution in [1.29, 1.82) is 0 Å². The van der Waals surface area contributed by atoms with Crippen LogP contribution in [0.3, 0.4) is 0 Å². The zero-order chi connectivity index (χ0) is 14.1. The molecule has 2 aliphatic heterocycles. The number of carbonyl (C=O) groups is 1. The summed E-state index contributed by atoms with van der Waals surface area (Å²) >= 11 is 5.12. The number of benzene rings is 1. The van der Waals surface area contributed by atoms with E-state index in [1.54, 1.807) is 0 Å². The first-order valence-corrected chi connectivity index (χ1v) is 7.41. The first-order chi connectivity index (χ1) is 9.68. The normalized spacial score (nSPS) is 24.9. The molecule has 1 amide bonds. The van der Waals surface area contributed by atoms with Crippen molar-refractivity contribution in [3.05, 3.63) is 29.8 Å². The molecule has 106 valence electrons. The van der Waals surface area contributed by atoms with Crippen molar-refractivity contribution in [3.63, 3.8) is 0 Å². The maximum absolute atomic E-state index is 12.8. The van der Waals surface area contributed by atoms with Crippen LogP contribution in [0.4, 0.5) is 0 Å². The van der Waals surface area contributed by atoms with Gasteiger partial charge in [0, 0.05) is 12.1 Å². The number of hydrogen-bond donors (Lipinski definition) is 1. The van der Waals surface area contributed by atoms with E-state index < -0.39 is 0 Å². The van der Waals surface area contributed by atoms with Crippen molar-refractivity contribution < 1.29 is 9.53 Å². The number of nitrogens with two attached hydrogens (primary N) is 1. The van der Waals surface area contributed by atoms with Crippen LogP contribution in [0.1, 0.15) is 30.7 Å². The lowest BCUT2D eigenvalue weighted by molar-refractivity contribution is -0.135. The summed E-state index contributed by atoms with van der Waals surface area (Å²) in [5.41, 5.74) is 6.77. The molecule has 2 atom stereocenters. The van der Waals surface area contributed by atoms with Gasteiger partial charge in [-0.05, 0) is 25.3 Å². The maximum atomic E-state index is 12.8. The summed E-state index contributed by atoms with van der Waals surface area (Å²) in [4.78, 5) is 15.1. The Bertz CT molecular complexity index is 546. The van der Waals surface area contributed by atoms with Gasteiger partial charge < -0.3 is 15.4 Å². The molecule has 3 rings (SSSR count). The van der Waals surface area contributed by atoms with E-state index in [0.29, 0.717) is 11.6 Å². The van der Waals surface area contributed by atoms with Gasteiger partial charge in [-0.15, -0.1) is 0 Å². The van der Waals surface area contributed by atoms with Gasteiger partial charge in [-0.3, -0.25) is 4.79 Å². The number of rotatable bonds is 2. The van der Waals surface area contributed by atoms with Gasteiger partial charge in [0.15, 0.2) is 0 Å². The zero-order valence-electron chi connectivity index (χ0n) is 11.2. The molecule has 0 bridgehead atoms. The second kappa shape index (κ2) is 5.40. The summed E-state index contributed by atoms with van der Waals surface area (Å²) in [5, 5.41) is 0. The lowest BCUT2D eigenvalue weighted by Crippen LogP contribution is -2.51. The Kier molecular flexibility index (Phi) is 3.61. The molecule has 2 aliphatic rings. The molecule has 2 unspecified atom stereocenters. The largest absolute Gasteiger partial charge is 0.492 e. The van der Waals surface area contributed by atoms with Crippen LogP contribution in [-0.2, 0) is 4.79 Å². The number of amides is 1. The van der Waals surface area contributed by atoms with Gasteiger partial charge in [0.25, 0.3) is 0 Å². The highest BCUT2D eigenvalue weighted by molar-refractivity contribution is 7.80. The molecule has 1 saturated heterocycles. The van der Waals surface area contributed by atoms with E-state index in [2.05, 4.69) is 0 Å². The molecular formula is C15H18N2O2S. The van der Waals surface area contributed by atoms with Gasteiger partial charge in [0.1, 0.15) is 18.3 Å². The third kappa shape index (κ3) is 2.26. The molecular weight excluding hydrogens is 272 g/mol. The maximum Gasteiger partial charge on any atom is 0.234 e. The lowest BCUT2D eigenvalue weighted by Gasteiger charge is -2.36. The second-order valence-electron chi connectivity index (χ2n) is 5.35. The molecule has 0 spiro atoms. The minimum Gasteiger partial charge on any atom is -0.492 e. The minimum atomic E-state index is -0.221. The summed E-state index contributed by atoms with van der Waals surface area (Å²) in [6.45, 7) is 1.15. The molecule has 0 aliphatic carbocycles. The Morgan fingerprint density at radius 2 is 2.15 bits per heavy atom. The van der Waals surface area contributed by atoms with Crippen LogP contribution < -0.4 is 10.5 Å². The fourth-order valence-electron chi connectivity index (χ4n) is 3.06. The highest BCUT2D eigenvalue weighted by Crippen LogP contribution is 2.35. The number of fused-ring (bicyclic) bond motifs is 1. The Morgan fingerprint density at radius 1 is 1.35 bits per heavy atom. The van der Waals surface area contributed by atoms with E-state index in [-0.39, 0.29) is 17.9 Å². The summed E-state index contributed by atoms with van der Waals surface area (Å²) < 4.78 is 5.61. The number of piperidine rings is 1. The molecule has 1 fully saturated rings. The van der Waals surface area contributed by atoms with E-state index in [4.69, 9.17) is 22.7 Å². The van der Waals surface area contributed by atoms with Crippen molar-refractivity contribution in [2.24, 2.45) is 5.73 Å². The van der Waals surface area contributed by atoms with Gasteiger partial charge in [-0.25, -0.2) is 0 Å². The average Bonchev–Trinajstić information content (AvgIpc) is 2.90. The highest BCUT2D eigenvalue weighted by atomic mass is 32.1. The Labute approximate surface area is 123 Å². The smallest absolute Gasteiger partial charge is 0.234 e. The quantitative estimate of drug-likeness (QED) is 0.844. The SMILES string of the molecule is NC(=S)C1CCCCN1C(=O)C1COc2ccccc21. The fourth-order valence-corrected chi connectivity index (χ4v) is 3.30. The molecule has 4 nitrogen and oxygen atoms in total. The number of hydrogen-bond acceptors (Lipinski definition) is 3. The highest BCUT2D eigenvalue weighted by Gasteiger charge is 2.37. The monoisotopic (exact) mass is 290 g/mol. The van der Waals surface area contributed by atoms with Gasteiger partial charge in [0.05, 0.1) is 11.0 Å². The molecule has 2 N–H and O–H groups in total. The molecule has 5 heteroatoms. The van der Waals surface area contributed by atoms with Crippen LogP contribution in [-0.4, -0.2) is 35.0 Å². The van der Waals surface area contributed by atoms with Crippen molar-refractivity contribution in [2.45, 2.75) is 31.2 Å². The Balaban J connectivity index is 1.84. The van der Waals surface area contributed by atoms with Gasteiger partial charge >= 0.3 is 0 Å². The van der Waals surface area contributed by atoms with Gasteiger partial charge in [0.2, 0.25) is 5.91 Å². The van der Waals surface area contributed by atoms with Crippen molar-refractivity contribution >= 4 is 23.1 Å². The predicted octanol–water partition coefficient (Wildman–Crippen LogP) is 1.83. The zero-order valence-corrected chi connectivity index (χ0v) is 12.1. The summed E-state index contributed by atoms with van der Waals surface area (Å²) in [7, 11) is 0. The molecule has 1 aromatic rings. The molecule has 20 heavy (non-hydrogen) atoms. The number of para-hydroxylation sites is 1. The molecule has 1 aromatic carbocycles. The molecule has 0 radical (unpaired) electrons.